The minimum Gasteiger partial charge on any atom is -0.464 e. The maximum atomic E-state index is 11.6. The zero-order chi connectivity index (χ0) is 17.4. The average molecular weight is 378 g/mol. The summed E-state index contributed by atoms with van der Waals surface area (Å²) < 4.78 is 5.52. The van der Waals surface area contributed by atoms with E-state index < -0.39 is 5.97 Å². The summed E-state index contributed by atoms with van der Waals surface area (Å²) in [5.74, 6) is -0.256. The zero-order valence-electron chi connectivity index (χ0n) is 13.6. The number of carbonyl (C=O) groups is 1. The molecule has 0 atom stereocenters. The lowest BCUT2D eigenvalue weighted by Gasteiger charge is -2.12. The molecule has 1 aromatic carbocycles. The van der Waals surface area contributed by atoms with Crippen LogP contribution in [0.3, 0.4) is 0 Å². The van der Waals surface area contributed by atoms with Crippen LogP contribution in [0.5, 0.6) is 0 Å². The molecule has 0 saturated carbocycles. The van der Waals surface area contributed by atoms with Crippen molar-refractivity contribution >= 4 is 39.1 Å². The Morgan fingerprint density at radius 1 is 1.30 bits per heavy atom. The van der Waals surface area contributed by atoms with E-state index in [1.165, 1.54) is 7.11 Å². The van der Waals surface area contributed by atoms with Gasteiger partial charge in [-0.3, -0.25) is 5.41 Å². The molecule has 1 heterocycles. The third kappa shape index (κ3) is 5.17. The third-order valence-electron chi connectivity index (χ3n) is 2.77. The number of anilines is 2. The summed E-state index contributed by atoms with van der Waals surface area (Å²) >= 11 is 3.39. The molecule has 0 unspecified atom stereocenters. The van der Waals surface area contributed by atoms with Gasteiger partial charge in [-0.2, -0.15) is 0 Å². The summed E-state index contributed by atoms with van der Waals surface area (Å²) in [5.41, 5.74) is 1.84. The van der Waals surface area contributed by atoms with Crippen LogP contribution in [0.25, 0.3) is 0 Å². The first kappa shape index (κ1) is 18.8. The van der Waals surface area contributed by atoms with Crippen molar-refractivity contribution < 1.29 is 9.53 Å². The van der Waals surface area contributed by atoms with Crippen LogP contribution >= 0.6 is 15.9 Å². The minimum atomic E-state index is -0.695. The highest BCUT2D eigenvalue weighted by Gasteiger charge is 2.17. The van der Waals surface area contributed by atoms with Gasteiger partial charge in [-0.05, 0) is 36.8 Å². The topological polar surface area (TPSA) is 75.1 Å². The summed E-state index contributed by atoms with van der Waals surface area (Å²) in [5, 5.41) is 11.0. The van der Waals surface area contributed by atoms with Crippen LogP contribution in [0.4, 0.5) is 11.5 Å². The van der Waals surface area contributed by atoms with Crippen LogP contribution < -0.4 is 5.32 Å². The lowest BCUT2D eigenvalue weighted by molar-refractivity contribution is -0.132. The number of nitrogens with zero attached hydrogens (tertiary/aromatic N) is 1. The standard InChI is InChI=1S/C15H14BrN3O2.C2H6/c1-9-6-12(13(17)15(20)21-2)14(18-8-9)19-11-5-3-4-10(16)7-11;1-2/h3-8,17H,1-2H3,(H,18,19);1-2H3. The molecule has 0 fully saturated rings. The molecule has 0 aliphatic rings. The maximum absolute atomic E-state index is 11.6. The van der Waals surface area contributed by atoms with Crippen molar-refractivity contribution in [3.05, 3.63) is 52.1 Å². The molecule has 0 aliphatic heterocycles. The van der Waals surface area contributed by atoms with E-state index in [2.05, 4.69) is 31.0 Å². The molecule has 122 valence electrons. The van der Waals surface area contributed by atoms with Gasteiger partial charge >= 0.3 is 5.97 Å². The Labute approximate surface area is 144 Å². The largest absolute Gasteiger partial charge is 0.464 e. The normalized spacial score (nSPS) is 9.43. The van der Waals surface area contributed by atoms with Crippen LogP contribution in [0.15, 0.2) is 41.0 Å². The fraction of sp³-hybridized carbons (Fsp3) is 0.235. The quantitative estimate of drug-likeness (QED) is 0.608. The first-order valence-electron chi connectivity index (χ1n) is 7.17. The molecule has 6 heteroatoms. The SMILES string of the molecule is CC.COC(=O)C(=N)c1cc(C)cnc1Nc1cccc(Br)c1. The molecule has 2 rings (SSSR count). The molecule has 5 nitrogen and oxygen atoms in total. The van der Waals surface area contributed by atoms with Crippen LogP contribution in [-0.4, -0.2) is 23.8 Å². The third-order valence-corrected chi connectivity index (χ3v) is 3.26. The van der Waals surface area contributed by atoms with Crippen molar-refractivity contribution in [2.75, 3.05) is 12.4 Å². The second kappa shape index (κ2) is 9.05. The number of benzene rings is 1. The van der Waals surface area contributed by atoms with E-state index in [-0.39, 0.29) is 5.71 Å². The Kier molecular flexibility index (Phi) is 7.41. The Morgan fingerprint density at radius 2 is 2.00 bits per heavy atom. The van der Waals surface area contributed by atoms with Gasteiger partial charge in [0.1, 0.15) is 5.82 Å². The Hall–Kier alpha value is -2.21. The van der Waals surface area contributed by atoms with Gasteiger partial charge < -0.3 is 10.1 Å². The number of aromatic nitrogens is 1. The van der Waals surface area contributed by atoms with Crippen molar-refractivity contribution in [2.24, 2.45) is 0 Å². The summed E-state index contributed by atoms with van der Waals surface area (Å²) in [6, 6.07) is 9.27. The fourth-order valence-corrected chi connectivity index (χ4v) is 2.17. The lowest BCUT2D eigenvalue weighted by atomic mass is 10.1. The number of ether oxygens (including phenoxy) is 1. The van der Waals surface area contributed by atoms with Crippen LogP contribution in [0.1, 0.15) is 25.0 Å². The number of esters is 1. The van der Waals surface area contributed by atoms with Gasteiger partial charge in [0.15, 0.2) is 5.71 Å². The van der Waals surface area contributed by atoms with Gasteiger partial charge in [0.05, 0.1) is 7.11 Å². The smallest absolute Gasteiger partial charge is 0.356 e. The fourth-order valence-electron chi connectivity index (χ4n) is 1.77. The number of methoxy groups -OCH3 is 1. The van der Waals surface area contributed by atoms with E-state index in [9.17, 15) is 4.79 Å². The van der Waals surface area contributed by atoms with Crippen molar-refractivity contribution in [3.8, 4) is 0 Å². The molecule has 0 spiro atoms. The molecule has 23 heavy (non-hydrogen) atoms. The lowest BCUT2D eigenvalue weighted by Crippen LogP contribution is -2.18. The maximum Gasteiger partial charge on any atom is 0.356 e. The van der Waals surface area contributed by atoms with Crippen molar-refractivity contribution in [1.29, 1.82) is 5.41 Å². The number of aryl methyl sites for hydroxylation is 1. The van der Waals surface area contributed by atoms with Crippen LogP contribution in [-0.2, 0) is 9.53 Å². The van der Waals surface area contributed by atoms with Crippen LogP contribution in [0.2, 0.25) is 0 Å². The number of hydrogen-bond donors (Lipinski definition) is 2. The first-order valence-corrected chi connectivity index (χ1v) is 7.97. The molecular weight excluding hydrogens is 358 g/mol. The highest BCUT2D eigenvalue weighted by Crippen LogP contribution is 2.23. The Morgan fingerprint density at radius 3 is 2.61 bits per heavy atom. The summed E-state index contributed by atoms with van der Waals surface area (Å²) in [6.07, 6.45) is 1.67. The second-order valence-electron chi connectivity index (χ2n) is 4.41. The summed E-state index contributed by atoms with van der Waals surface area (Å²) in [6.45, 7) is 5.85. The van der Waals surface area contributed by atoms with Gasteiger partial charge in [0.25, 0.3) is 0 Å². The summed E-state index contributed by atoms with van der Waals surface area (Å²) in [4.78, 5) is 15.8. The van der Waals surface area contributed by atoms with E-state index in [1.807, 2.05) is 45.0 Å². The molecule has 0 amide bonds. The second-order valence-corrected chi connectivity index (χ2v) is 5.33. The van der Waals surface area contributed by atoms with Crippen molar-refractivity contribution in [2.45, 2.75) is 20.8 Å². The number of nitrogens with one attached hydrogen (secondary N) is 2. The van der Waals surface area contributed by atoms with Crippen LogP contribution in [0, 0.1) is 12.3 Å². The number of rotatable bonds is 4. The molecule has 0 radical (unpaired) electrons. The predicted molar refractivity (Wildman–Crippen MR) is 96.6 cm³/mol. The molecule has 2 aromatic rings. The number of hydrogen-bond acceptors (Lipinski definition) is 5. The number of halogens is 1. The molecule has 1 aromatic heterocycles. The van der Waals surface area contributed by atoms with Crippen molar-refractivity contribution in [1.82, 2.24) is 4.98 Å². The molecule has 0 saturated heterocycles. The molecular formula is C17H20BrN3O2. The highest BCUT2D eigenvalue weighted by molar-refractivity contribution is 9.10. The van der Waals surface area contributed by atoms with E-state index in [4.69, 9.17) is 5.41 Å². The van der Waals surface area contributed by atoms with E-state index in [0.29, 0.717) is 11.4 Å². The van der Waals surface area contributed by atoms with Gasteiger partial charge in [0, 0.05) is 21.9 Å². The Bertz CT molecular complexity index is 702. The van der Waals surface area contributed by atoms with E-state index >= 15 is 0 Å². The number of pyridine rings is 1. The van der Waals surface area contributed by atoms with E-state index in [0.717, 1.165) is 15.7 Å². The van der Waals surface area contributed by atoms with Gasteiger partial charge in [-0.25, -0.2) is 9.78 Å². The van der Waals surface area contributed by atoms with Gasteiger partial charge in [0.2, 0.25) is 0 Å². The van der Waals surface area contributed by atoms with Gasteiger partial charge in [-0.15, -0.1) is 0 Å². The molecule has 0 aliphatic carbocycles. The van der Waals surface area contributed by atoms with Crippen molar-refractivity contribution in [3.63, 3.8) is 0 Å². The Balaban J connectivity index is 0.00000127. The average Bonchev–Trinajstić information content (AvgIpc) is 2.57. The van der Waals surface area contributed by atoms with Gasteiger partial charge in [-0.1, -0.05) is 35.8 Å². The predicted octanol–water partition coefficient (Wildman–Crippen LogP) is 4.46. The first-order chi connectivity index (χ1) is 11.0. The monoisotopic (exact) mass is 377 g/mol. The minimum absolute atomic E-state index is 0.230. The van der Waals surface area contributed by atoms with E-state index in [1.54, 1.807) is 12.3 Å². The highest BCUT2D eigenvalue weighted by atomic mass is 79.9. The molecule has 2 N–H and O–H groups in total. The zero-order valence-corrected chi connectivity index (χ0v) is 15.2. The number of carbonyl (C=O) groups excluding carboxylic acids is 1. The summed E-state index contributed by atoms with van der Waals surface area (Å²) in [7, 11) is 1.25. The molecule has 0 bridgehead atoms.